The maximum atomic E-state index is 13.7. The van der Waals surface area contributed by atoms with E-state index in [4.69, 9.17) is 4.42 Å². The second kappa shape index (κ2) is 5.01. The quantitative estimate of drug-likeness (QED) is 0.722. The molecular weight excluding hydrogens is 271 g/mol. The minimum atomic E-state index is -0.392. The molecule has 0 unspecified atom stereocenters. The Hall–Kier alpha value is -2.69. The van der Waals surface area contributed by atoms with Crippen molar-refractivity contribution in [3.63, 3.8) is 0 Å². The molecule has 4 nitrogen and oxygen atoms in total. The number of hydrogen-bond acceptors (Lipinski definition) is 3. The number of rotatable bonds is 2. The van der Waals surface area contributed by atoms with Gasteiger partial charge in [0.15, 0.2) is 5.76 Å². The molecule has 1 aromatic carbocycles. The third-order valence-electron chi connectivity index (χ3n) is 3.16. The predicted octanol–water partition coefficient (Wildman–Crippen LogP) is 3.59. The lowest BCUT2D eigenvalue weighted by atomic mass is 10.1. The molecule has 0 bridgehead atoms. The number of aryl methyl sites for hydroxylation is 2. The van der Waals surface area contributed by atoms with Gasteiger partial charge in [-0.3, -0.25) is 4.79 Å². The van der Waals surface area contributed by atoms with Crippen LogP contribution in [0.5, 0.6) is 0 Å². The Balaban J connectivity index is 1.97. The number of hydrogen-bond donors (Lipinski definition) is 0. The summed E-state index contributed by atoms with van der Waals surface area (Å²) in [5.41, 5.74) is 1.80. The van der Waals surface area contributed by atoms with Gasteiger partial charge in [0.25, 0.3) is 0 Å². The van der Waals surface area contributed by atoms with E-state index in [-0.39, 0.29) is 11.7 Å². The van der Waals surface area contributed by atoms with Gasteiger partial charge in [-0.05, 0) is 44.2 Å². The Kier molecular flexibility index (Phi) is 3.17. The maximum Gasteiger partial charge on any atom is 0.314 e. The Labute approximate surface area is 120 Å². The van der Waals surface area contributed by atoms with Crippen molar-refractivity contribution in [2.24, 2.45) is 0 Å². The molecule has 0 radical (unpaired) electrons. The van der Waals surface area contributed by atoms with E-state index < -0.39 is 5.82 Å². The van der Waals surface area contributed by atoms with Gasteiger partial charge in [0.1, 0.15) is 11.6 Å². The molecule has 2 heterocycles. The van der Waals surface area contributed by atoms with Crippen molar-refractivity contribution in [2.45, 2.75) is 13.8 Å². The summed E-state index contributed by atoms with van der Waals surface area (Å²) in [6.07, 6.45) is 0. The second-order valence-electron chi connectivity index (χ2n) is 4.79. The summed E-state index contributed by atoms with van der Waals surface area (Å²) < 4.78 is 20.5. The van der Waals surface area contributed by atoms with Gasteiger partial charge < -0.3 is 4.42 Å². The first-order valence-electron chi connectivity index (χ1n) is 6.49. The third kappa shape index (κ3) is 2.38. The normalized spacial score (nSPS) is 10.8. The van der Waals surface area contributed by atoms with E-state index in [9.17, 15) is 9.18 Å². The van der Waals surface area contributed by atoms with Gasteiger partial charge in [-0.1, -0.05) is 12.1 Å². The van der Waals surface area contributed by atoms with Crippen molar-refractivity contribution in [1.82, 2.24) is 9.78 Å². The summed E-state index contributed by atoms with van der Waals surface area (Å²) >= 11 is 0. The monoisotopic (exact) mass is 284 g/mol. The molecule has 106 valence electrons. The number of carbonyl (C=O) groups excluding carboxylic acids is 1. The number of furan rings is 1. The van der Waals surface area contributed by atoms with Crippen LogP contribution in [0.3, 0.4) is 0 Å². The van der Waals surface area contributed by atoms with Crippen LogP contribution in [0.1, 0.15) is 21.9 Å². The maximum absolute atomic E-state index is 13.7. The summed E-state index contributed by atoms with van der Waals surface area (Å²) in [4.78, 5) is 12.3. The van der Waals surface area contributed by atoms with Crippen molar-refractivity contribution >= 4 is 5.91 Å². The minimum Gasteiger partial charge on any atom is -0.451 e. The van der Waals surface area contributed by atoms with Gasteiger partial charge >= 0.3 is 5.91 Å². The highest BCUT2D eigenvalue weighted by Gasteiger charge is 2.18. The van der Waals surface area contributed by atoms with E-state index in [1.807, 2.05) is 6.92 Å². The molecular formula is C16H13FN2O2. The van der Waals surface area contributed by atoms with Gasteiger partial charge in [0, 0.05) is 5.69 Å². The number of halogens is 1. The number of benzene rings is 1. The molecule has 0 aliphatic heterocycles. The fourth-order valence-electron chi connectivity index (χ4n) is 2.20. The molecule has 0 fully saturated rings. The summed E-state index contributed by atoms with van der Waals surface area (Å²) in [5.74, 6) is -0.322. The van der Waals surface area contributed by atoms with Crippen LogP contribution in [-0.4, -0.2) is 15.7 Å². The van der Waals surface area contributed by atoms with E-state index in [0.29, 0.717) is 11.3 Å². The molecule has 0 saturated carbocycles. The van der Waals surface area contributed by atoms with Crippen molar-refractivity contribution in [1.29, 1.82) is 0 Å². The highest BCUT2D eigenvalue weighted by molar-refractivity contribution is 5.93. The van der Waals surface area contributed by atoms with E-state index in [0.717, 1.165) is 11.4 Å². The lowest BCUT2D eigenvalue weighted by Gasteiger charge is -2.01. The predicted molar refractivity (Wildman–Crippen MR) is 75.5 cm³/mol. The molecule has 0 spiro atoms. The zero-order chi connectivity index (χ0) is 15.0. The van der Waals surface area contributed by atoms with Crippen molar-refractivity contribution in [2.75, 3.05) is 0 Å². The summed E-state index contributed by atoms with van der Waals surface area (Å²) in [6.45, 7) is 3.60. The lowest BCUT2D eigenvalue weighted by molar-refractivity contribution is 0.0915. The van der Waals surface area contributed by atoms with E-state index in [1.54, 1.807) is 37.3 Å². The summed E-state index contributed by atoms with van der Waals surface area (Å²) in [5, 5.41) is 4.12. The highest BCUT2D eigenvalue weighted by Crippen LogP contribution is 2.25. The van der Waals surface area contributed by atoms with Crippen LogP contribution in [0.4, 0.5) is 4.39 Å². The van der Waals surface area contributed by atoms with Crippen molar-refractivity contribution in [3.05, 3.63) is 65.4 Å². The largest absolute Gasteiger partial charge is 0.451 e. The molecule has 5 heteroatoms. The Bertz CT molecular complexity index is 817. The third-order valence-corrected chi connectivity index (χ3v) is 3.16. The Morgan fingerprint density at radius 3 is 2.62 bits per heavy atom. The van der Waals surface area contributed by atoms with Gasteiger partial charge in [0.2, 0.25) is 0 Å². The van der Waals surface area contributed by atoms with E-state index in [2.05, 4.69) is 5.10 Å². The molecule has 2 aromatic heterocycles. The van der Waals surface area contributed by atoms with Crippen LogP contribution in [-0.2, 0) is 0 Å². The summed E-state index contributed by atoms with van der Waals surface area (Å²) in [7, 11) is 0. The fourth-order valence-corrected chi connectivity index (χ4v) is 2.20. The SMILES string of the molecule is Cc1cc(C)n(C(=O)c2ccc(-c3ccccc3F)o2)n1. The van der Waals surface area contributed by atoms with Crippen LogP contribution in [0.25, 0.3) is 11.3 Å². The topological polar surface area (TPSA) is 48.0 Å². The first-order chi connectivity index (χ1) is 10.1. The number of carbonyl (C=O) groups is 1. The smallest absolute Gasteiger partial charge is 0.314 e. The Morgan fingerprint density at radius 2 is 1.95 bits per heavy atom. The Morgan fingerprint density at radius 1 is 1.19 bits per heavy atom. The summed E-state index contributed by atoms with van der Waals surface area (Å²) in [6, 6.07) is 11.2. The molecule has 0 N–H and O–H groups in total. The van der Waals surface area contributed by atoms with Crippen LogP contribution in [0, 0.1) is 19.7 Å². The molecule has 0 aliphatic rings. The van der Waals surface area contributed by atoms with Crippen LogP contribution in [0.2, 0.25) is 0 Å². The van der Waals surface area contributed by atoms with Crippen LogP contribution >= 0.6 is 0 Å². The molecule has 0 saturated heterocycles. The minimum absolute atomic E-state index is 0.124. The average Bonchev–Trinajstić information content (AvgIpc) is 3.05. The first-order valence-corrected chi connectivity index (χ1v) is 6.49. The molecule has 0 amide bonds. The second-order valence-corrected chi connectivity index (χ2v) is 4.79. The zero-order valence-corrected chi connectivity index (χ0v) is 11.6. The van der Waals surface area contributed by atoms with Crippen LogP contribution in [0.15, 0.2) is 46.9 Å². The molecule has 0 aliphatic carbocycles. The average molecular weight is 284 g/mol. The molecule has 0 atom stereocenters. The number of aromatic nitrogens is 2. The fraction of sp³-hybridized carbons (Fsp3) is 0.125. The number of nitrogens with zero attached hydrogens (tertiary/aromatic N) is 2. The van der Waals surface area contributed by atoms with Crippen molar-refractivity contribution < 1.29 is 13.6 Å². The van der Waals surface area contributed by atoms with Gasteiger partial charge in [-0.25, -0.2) is 4.39 Å². The van der Waals surface area contributed by atoms with Gasteiger partial charge in [-0.2, -0.15) is 9.78 Å². The van der Waals surface area contributed by atoms with Crippen LogP contribution < -0.4 is 0 Å². The van der Waals surface area contributed by atoms with E-state index in [1.165, 1.54) is 16.8 Å². The molecule has 3 rings (SSSR count). The van der Waals surface area contributed by atoms with Crippen molar-refractivity contribution in [3.8, 4) is 11.3 Å². The standard InChI is InChI=1S/C16H13FN2O2/c1-10-9-11(2)19(18-10)16(20)15-8-7-14(21-15)12-5-3-4-6-13(12)17/h3-9H,1-2H3. The van der Waals surface area contributed by atoms with E-state index >= 15 is 0 Å². The van der Waals surface area contributed by atoms with Gasteiger partial charge in [0.05, 0.1) is 11.3 Å². The zero-order valence-electron chi connectivity index (χ0n) is 11.6. The van der Waals surface area contributed by atoms with Gasteiger partial charge in [-0.15, -0.1) is 0 Å². The molecule has 3 aromatic rings. The molecule has 21 heavy (non-hydrogen) atoms. The highest BCUT2D eigenvalue weighted by atomic mass is 19.1. The lowest BCUT2D eigenvalue weighted by Crippen LogP contribution is -2.14. The first kappa shape index (κ1) is 13.3.